The standard InChI is InChI=1S/C15H17N3O/c1-10-7-16-9-13(10)15(19)18-12-6-11-4-2-3-5-14(11)17-8-12/h2-6,8,10,13,16H,7,9H2,1H3,(H,18,19). The van der Waals surface area contributed by atoms with Crippen LogP contribution in [0.25, 0.3) is 10.9 Å². The normalized spacial score (nSPS) is 22.6. The van der Waals surface area contributed by atoms with E-state index in [0.29, 0.717) is 5.92 Å². The van der Waals surface area contributed by atoms with E-state index in [1.54, 1.807) is 6.20 Å². The van der Waals surface area contributed by atoms with Crippen molar-refractivity contribution >= 4 is 22.5 Å². The topological polar surface area (TPSA) is 54.0 Å². The van der Waals surface area contributed by atoms with E-state index in [2.05, 4.69) is 22.5 Å². The van der Waals surface area contributed by atoms with Crippen molar-refractivity contribution in [3.05, 3.63) is 36.5 Å². The van der Waals surface area contributed by atoms with E-state index in [9.17, 15) is 4.79 Å². The highest BCUT2D eigenvalue weighted by Crippen LogP contribution is 2.20. The molecule has 0 saturated carbocycles. The van der Waals surface area contributed by atoms with E-state index < -0.39 is 0 Å². The lowest BCUT2D eigenvalue weighted by Crippen LogP contribution is -2.27. The molecule has 0 aliphatic carbocycles. The molecule has 1 aromatic heterocycles. The van der Waals surface area contributed by atoms with Crippen molar-refractivity contribution in [2.75, 3.05) is 18.4 Å². The summed E-state index contributed by atoms with van der Waals surface area (Å²) in [7, 11) is 0. The molecule has 0 spiro atoms. The van der Waals surface area contributed by atoms with Gasteiger partial charge in [0.1, 0.15) is 0 Å². The van der Waals surface area contributed by atoms with Crippen LogP contribution in [0, 0.1) is 11.8 Å². The van der Waals surface area contributed by atoms with Crippen LogP contribution in [0.3, 0.4) is 0 Å². The van der Waals surface area contributed by atoms with Crippen molar-refractivity contribution in [3.63, 3.8) is 0 Å². The van der Waals surface area contributed by atoms with E-state index >= 15 is 0 Å². The predicted octanol–water partition coefficient (Wildman–Crippen LogP) is 2.03. The summed E-state index contributed by atoms with van der Waals surface area (Å²) in [5.41, 5.74) is 1.71. The van der Waals surface area contributed by atoms with Crippen LogP contribution in [0.1, 0.15) is 6.92 Å². The zero-order valence-electron chi connectivity index (χ0n) is 10.9. The van der Waals surface area contributed by atoms with Crippen molar-refractivity contribution in [1.82, 2.24) is 10.3 Å². The molecular formula is C15H17N3O. The Kier molecular flexibility index (Phi) is 3.17. The van der Waals surface area contributed by atoms with Crippen molar-refractivity contribution < 1.29 is 4.79 Å². The molecule has 1 fully saturated rings. The van der Waals surface area contributed by atoms with Gasteiger partial charge in [0.2, 0.25) is 5.91 Å². The molecule has 19 heavy (non-hydrogen) atoms. The maximum absolute atomic E-state index is 12.2. The number of benzene rings is 1. The molecule has 2 N–H and O–H groups in total. The number of carbonyl (C=O) groups is 1. The molecule has 2 heterocycles. The highest BCUT2D eigenvalue weighted by atomic mass is 16.1. The maximum Gasteiger partial charge on any atom is 0.229 e. The Morgan fingerprint density at radius 2 is 2.21 bits per heavy atom. The van der Waals surface area contributed by atoms with E-state index in [-0.39, 0.29) is 11.8 Å². The Balaban J connectivity index is 1.79. The number of pyridine rings is 1. The number of carbonyl (C=O) groups excluding carboxylic acids is 1. The summed E-state index contributed by atoms with van der Waals surface area (Å²) in [6.07, 6.45) is 1.72. The van der Waals surface area contributed by atoms with Gasteiger partial charge in [-0.2, -0.15) is 0 Å². The number of nitrogens with zero attached hydrogens (tertiary/aromatic N) is 1. The molecule has 2 unspecified atom stereocenters. The van der Waals surface area contributed by atoms with Gasteiger partial charge in [0.25, 0.3) is 0 Å². The summed E-state index contributed by atoms with van der Waals surface area (Å²) in [4.78, 5) is 16.5. The van der Waals surface area contributed by atoms with Gasteiger partial charge in [0.15, 0.2) is 0 Å². The first-order valence-corrected chi connectivity index (χ1v) is 6.60. The Bertz CT molecular complexity index is 611. The molecule has 0 radical (unpaired) electrons. The van der Waals surface area contributed by atoms with Crippen molar-refractivity contribution in [2.24, 2.45) is 11.8 Å². The quantitative estimate of drug-likeness (QED) is 0.863. The fraction of sp³-hybridized carbons (Fsp3) is 0.333. The average molecular weight is 255 g/mol. The van der Waals surface area contributed by atoms with Gasteiger partial charge in [-0.05, 0) is 24.6 Å². The fourth-order valence-corrected chi connectivity index (χ4v) is 2.54. The Morgan fingerprint density at radius 3 is 3.00 bits per heavy atom. The monoisotopic (exact) mass is 255 g/mol. The van der Waals surface area contributed by atoms with Gasteiger partial charge in [0.05, 0.1) is 23.3 Å². The number of rotatable bonds is 2. The van der Waals surface area contributed by atoms with Crippen LogP contribution in [-0.4, -0.2) is 24.0 Å². The number of fused-ring (bicyclic) bond motifs is 1. The Labute approximate surface area is 112 Å². The second kappa shape index (κ2) is 4.97. The zero-order valence-corrected chi connectivity index (χ0v) is 10.9. The van der Waals surface area contributed by atoms with Crippen LogP contribution in [0.5, 0.6) is 0 Å². The van der Waals surface area contributed by atoms with Crippen molar-refractivity contribution in [1.29, 1.82) is 0 Å². The van der Waals surface area contributed by atoms with Crippen LogP contribution in [-0.2, 0) is 4.79 Å². The van der Waals surface area contributed by atoms with Crippen LogP contribution in [0.4, 0.5) is 5.69 Å². The van der Waals surface area contributed by atoms with Crippen molar-refractivity contribution in [2.45, 2.75) is 6.92 Å². The zero-order chi connectivity index (χ0) is 13.2. The second-order valence-corrected chi connectivity index (χ2v) is 5.15. The molecule has 1 aliphatic heterocycles. The van der Waals surface area contributed by atoms with Crippen LogP contribution < -0.4 is 10.6 Å². The number of anilines is 1. The highest BCUT2D eigenvalue weighted by Gasteiger charge is 2.29. The summed E-state index contributed by atoms with van der Waals surface area (Å²) in [6, 6.07) is 9.85. The lowest BCUT2D eigenvalue weighted by Gasteiger charge is -2.14. The van der Waals surface area contributed by atoms with Gasteiger partial charge in [-0.25, -0.2) is 0 Å². The van der Waals surface area contributed by atoms with E-state index in [1.165, 1.54) is 0 Å². The highest BCUT2D eigenvalue weighted by molar-refractivity contribution is 5.94. The summed E-state index contributed by atoms with van der Waals surface area (Å²) in [5.74, 6) is 0.509. The first kappa shape index (κ1) is 12.1. The van der Waals surface area contributed by atoms with Crippen LogP contribution >= 0.6 is 0 Å². The summed E-state index contributed by atoms with van der Waals surface area (Å²) >= 11 is 0. The summed E-state index contributed by atoms with van der Waals surface area (Å²) in [6.45, 7) is 3.77. The fourth-order valence-electron chi connectivity index (χ4n) is 2.54. The van der Waals surface area contributed by atoms with Gasteiger partial charge in [-0.1, -0.05) is 25.1 Å². The molecule has 1 saturated heterocycles. The molecule has 4 heteroatoms. The van der Waals surface area contributed by atoms with E-state index in [4.69, 9.17) is 0 Å². The molecule has 4 nitrogen and oxygen atoms in total. The SMILES string of the molecule is CC1CNCC1C(=O)Nc1cnc2ccccc2c1. The molecule has 2 aromatic rings. The number of nitrogens with one attached hydrogen (secondary N) is 2. The third kappa shape index (κ3) is 2.44. The Hall–Kier alpha value is -1.94. The molecular weight excluding hydrogens is 238 g/mol. The Morgan fingerprint density at radius 1 is 1.37 bits per heavy atom. The minimum absolute atomic E-state index is 0.0477. The second-order valence-electron chi connectivity index (χ2n) is 5.15. The molecule has 1 aliphatic rings. The number of hydrogen-bond acceptors (Lipinski definition) is 3. The molecule has 98 valence electrons. The first-order valence-electron chi connectivity index (χ1n) is 6.60. The largest absolute Gasteiger partial charge is 0.324 e. The number of aromatic nitrogens is 1. The van der Waals surface area contributed by atoms with Crippen LogP contribution in [0.15, 0.2) is 36.5 Å². The first-order chi connectivity index (χ1) is 9.24. The third-order valence-electron chi connectivity index (χ3n) is 3.71. The number of hydrogen-bond donors (Lipinski definition) is 2. The molecule has 2 atom stereocenters. The molecule has 3 rings (SSSR count). The number of amides is 1. The van der Waals surface area contributed by atoms with Gasteiger partial charge in [0, 0.05) is 11.9 Å². The minimum atomic E-state index is 0.0477. The van der Waals surface area contributed by atoms with Crippen LogP contribution in [0.2, 0.25) is 0 Å². The average Bonchev–Trinajstić information content (AvgIpc) is 2.85. The lowest BCUT2D eigenvalue weighted by molar-refractivity contribution is -0.120. The third-order valence-corrected chi connectivity index (χ3v) is 3.71. The van der Waals surface area contributed by atoms with E-state index in [0.717, 1.165) is 29.7 Å². The molecule has 1 amide bonds. The maximum atomic E-state index is 12.2. The smallest absolute Gasteiger partial charge is 0.229 e. The van der Waals surface area contributed by atoms with Gasteiger partial charge < -0.3 is 10.6 Å². The number of para-hydroxylation sites is 1. The van der Waals surface area contributed by atoms with E-state index in [1.807, 2.05) is 30.3 Å². The molecule has 1 aromatic carbocycles. The molecule has 0 bridgehead atoms. The van der Waals surface area contributed by atoms with Gasteiger partial charge in [-0.15, -0.1) is 0 Å². The summed E-state index contributed by atoms with van der Waals surface area (Å²) < 4.78 is 0. The van der Waals surface area contributed by atoms with Crippen molar-refractivity contribution in [3.8, 4) is 0 Å². The van der Waals surface area contributed by atoms with Gasteiger partial charge in [-0.3, -0.25) is 9.78 Å². The summed E-state index contributed by atoms with van der Waals surface area (Å²) in [5, 5.41) is 7.25. The predicted molar refractivity (Wildman–Crippen MR) is 75.9 cm³/mol. The minimum Gasteiger partial charge on any atom is -0.324 e. The lowest BCUT2D eigenvalue weighted by atomic mass is 9.97. The van der Waals surface area contributed by atoms with Gasteiger partial charge >= 0.3 is 0 Å².